The summed E-state index contributed by atoms with van der Waals surface area (Å²) >= 11 is 5.56. The second-order valence-electron chi connectivity index (χ2n) is 8.51. The Bertz CT molecular complexity index is 1280. The molecule has 1 aromatic heterocycles. The van der Waals surface area contributed by atoms with Crippen molar-refractivity contribution in [1.29, 1.82) is 0 Å². The molecule has 0 saturated carbocycles. The molecule has 1 spiro atoms. The topological polar surface area (TPSA) is 110 Å². The van der Waals surface area contributed by atoms with Crippen molar-refractivity contribution in [1.82, 2.24) is 14.8 Å². The quantitative estimate of drug-likeness (QED) is 0.630. The van der Waals surface area contributed by atoms with Gasteiger partial charge in [0.05, 0.1) is 25.9 Å². The number of benzene rings is 1. The zero-order valence-electron chi connectivity index (χ0n) is 17.9. The first-order valence-electron chi connectivity index (χ1n) is 10.6. The predicted molar refractivity (Wildman–Crippen MR) is 114 cm³/mol. The van der Waals surface area contributed by atoms with Crippen molar-refractivity contribution in [2.45, 2.75) is 37.7 Å². The zero-order chi connectivity index (χ0) is 24.4. The van der Waals surface area contributed by atoms with E-state index < -0.39 is 63.5 Å². The van der Waals surface area contributed by atoms with Crippen molar-refractivity contribution in [3.05, 3.63) is 62.0 Å². The summed E-state index contributed by atoms with van der Waals surface area (Å²) in [5.41, 5.74) is -2.87. The van der Waals surface area contributed by atoms with Crippen LogP contribution in [0.2, 0.25) is 5.02 Å². The Morgan fingerprint density at radius 2 is 2.09 bits per heavy atom. The van der Waals surface area contributed by atoms with Gasteiger partial charge in [0.2, 0.25) is 5.43 Å². The van der Waals surface area contributed by atoms with Gasteiger partial charge in [-0.2, -0.15) is 0 Å². The number of pyridine rings is 1. The minimum absolute atomic E-state index is 0.0965. The molecule has 0 bridgehead atoms. The summed E-state index contributed by atoms with van der Waals surface area (Å²) in [4.78, 5) is 40.5. The van der Waals surface area contributed by atoms with Crippen molar-refractivity contribution in [3.8, 4) is 5.75 Å². The molecule has 2 N–H and O–H groups in total. The molecule has 4 heterocycles. The Morgan fingerprint density at radius 1 is 1.32 bits per heavy atom. The van der Waals surface area contributed by atoms with Gasteiger partial charge in [0.1, 0.15) is 28.3 Å². The SMILES string of the molecule is C[C@@H]1CO[C@@]23CCOC[C@@H]2n2cc(C(=O)NCc4ccc(F)c(Cl)c4F)c(=O)c(O)c2C(=O)N13. The van der Waals surface area contributed by atoms with E-state index in [1.165, 1.54) is 15.7 Å². The molecular weight excluding hydrogens is 476 g/mol. The van der Waals surface area contributed by atoms with Crippen molar-refractivity contribution < 1.29 is 33.0 Å². The van der Waals surface area contributed by atoms with Crippen LogP contribution in [-0.2, 0) is 16.0 Å². The Balaban J connectivity index is 1.53. The lowest BCUT2D eigenvalue weighted by molar-refractivity contribution is -0.172. The summed E-state index contributed by atoms with van der Waals surface area (Å²) in [7, 11) is 0. The van der Waals surface area contributed by atoms with Gasteiger partial charge in [0.25, 0.3) is 11.8 Å². The number of rotatable bonds is 3. The molecule has 3 aliphatic heterocycles. The van der Waals surface area contributed by atoms with Crippen LogP contribution >= 0.6 is 11.6 Å². The number of fused-ring (bicyclic) bond motifs is 2. The maximum Gasteiger partial charge on any atom is 0.277 e. The van der Waals surface area contributed by atoms with Gasteiger partial charge in [0.15, 0.2) is 17.2 Å². The van der Waals surface area contributed by atoms with Crippen LogP contribution in [0, 0.1) is 11.6 Å². The summed E-state index contributed by atoms with van der Waals surface area (Å²) < 4.78 is 40.6. The van der Waals surface area contributed by atoms with E-state index >= 15 is 0 Å². The van der Waals surface area contributed by atoms with Crippen LogP contribution < -0.4 is 10.7 Å². The highest BCUT2D eigenvalue weighted by molar-refractivity contribution is 6.30. The third-order valence-corrected chi connectivity index (χ3v) is 6.94. The third kappa shape index (κ3) is 3.14. The molecule has 3 aliphatic rings. The van der Waals surface area contributed by atoms with Crippen molar-refractivity contribution in [3.63, 3.8) is 0 Å². The van der Waals surface area contributed by atoms with Gasteiger partial charge in [-0.15, -0.1) is 0 Å². The molecule has 0 unspecified atom stereocenters. The van der Waals surface area contributed by atoms with Crippen LogP contribution in [0.15, 0.2) is 23.1 Å². The number of amides is 2. The van der Waals surface area contributed by atoms with Gasteiger partial charge < -0.3 is 29.4 Å². The zero-order valence-corrected chi connectivity index (χ0v) is 18.7. The molecule has 12 heteroatoms. The van der Waals surface area contributed by atoms with E-state index in [1.807, 2.05) is 6.92 Å². The number of halogens is 3. The summed E-state index contributed by atoms with van der Waals surface area (Å²) in [6.45, 7) is 2.18. The fourth-order valence-electron chi connectivity index (χ4n) is 4.94. The number of hydrogen-bond acceptors (Lipinski definition) is 6. The second-order valence-corrected chi connectivity index (χ2v) is 8.89. The monoisotopic (exact) mass is 495 g/mol. The Hall–Kier alpha value is -3.02. The largest absolute Gasteiger partial charge is 0.503 e. The summed E-state index contributed by atoms with van der Waals surface area (Å²) in [6.07, 6.45) is 1.57. The van der Waals surface area contributed by atoms with Crippen molar-refractivity contribution in [2.75, 3.05) is 19.8 Å². The molecule has 2 fully saturated rings. The number of nitrogens with one attached hydrogen (secondary N) is 1. The van der Waals surface area contributed by atoms with Crippen LogP contribution in [0.4, 0.5) is 8.78 Å². The van der Waals surface area contributed by atoms with Gasteiger partial charge in [-0.25, -0.2) is 8.78 Å². The first kappa shape index (κ1) is 22.8. The van der Waals surface area contributed by atoms with E-state index in [1.54, 1.807) is 0 Å². The molecule has 2 amide bonds. The van der Waals surface area contributed by atoms with Crippen LogP contribution in [-0.4, -0.2) is 58.0 Å². The van der Waals surface area contributed by atoms with Gasteiger partial charge in [-0.05, 0) is 13.0 Å². The van der Waals surface area contributed by atoms with Crippen LogP contribution in [0.25, 0.3) is 0 Å². The molecular formula is C22H20ClF2N3O6. The third-order valence-electron chi connectivity index (χ3n) is 6.59. The van der Waals surface area contributed by atoms with E-state index in [9.17, 15) is 28.3 Å². The Morgan fingerprint density at radius 3 is 2.85 bits per heavy atom. The first-order chi connectivity index (χ1) is 16.2. The fraction of sp³-hybridized carbons (Fsp3) is 0.409. The molecule has 0 aliphatic carbocycles. The molecule has 3 atom stereocenters. The van der Waals surface area contributed by atoms with E-state index in [-0.39, 0.29) is 30.5 Å². The maximum atomic E-state index is 14.2. The van der Waals surface area contributed by atoms with Gasteiger partial charge in [-0.1, -0.05) is 17.7 Å². The molecule has 2 aromatic rings. The van der Waals surface area contributed by atoms with E-state index in [0.29, 0.717) is 13.0 Å². The molecule has 180 valence electrons. The summed E-state index contributed by atoms with van der Waals surface area (Å²) in [5.74, 6) is -4.35. The lowest BCUT2D eigenvalue weighted by Crippen LogP contribution is -2.63. The Labute approximate surface area is 196 Å². The molecule has 9 nitrogen and oxygen atoms in total. The summed E-state index contributed by atoms with van der Waals surface area (Å²) in [5, 5.41) is 12.3. The predicted octanol–water partition coefficient (Wildman–Crippen LogP) is 1.95. The minimum Gasteiger partial charge on any atom is -0.503 e. The van der Waals surface area contributed by atoms with Gasteiger partial charge in [0, 0.05) is 24.7 Å². The number of hydrogen-bond donors (Lipinski definition) is 2. The number of nitrogens with zero attached hydrogens (tertiary/aromatic N) is 2. The molecule has 5 rings (SSSR count). The van der Waals surface area contributed by atoms with Gasteiger partial charge >= 0.3 is 0 Å². The van der Waals surface area contributed by atoms with Crippen molar-refractivity contribution >= 4 is 23.4 Å². The van der Waals surface area contributed by atoms with E-state index in [4.69, 9.17) is 21.1 Å². The first-order valence-corrected chi connectivity index (χ1v) is 11.0. The molecule has 0 radical (unpaired) electrons. The van der Waals surface area contributed by atoms with Crippen LogP contribution in [0.1, 0.15) is 45.8 Å². The highest BCUT2D eigenvalue weighted by Crippen LogP contribution is 2.47. The number of aromatic hydroxyl groups is 1. The lowest BCUT2D eigenvalue weighted by atomic mass is 9.91. The minimum atomic E-state index is -1.05. The molecule has 1 aromatic carbocycles. The maximum absolute atomic E-state index is 14.2. The summed E-state index contributed by atoms with van der Waals surface area (Å²) in [6, 6.07) is 1.18. The highest BCUT2D eigenvalue weighted by Gasteiger charge is 2.60. The average Bonchev–Trinajstić information content (AvgIpc) is 3.15. The number of carbonyl (C=O) groups is 2. The van der Waals surface area contributed by atoms with Crippen LogP contribution in [0.3, 0.4) is 0 Å². The lowest BCUT2D eigenvalue weighted by Gasteiger charge is -2.51. The van der Waals surface area contributed by atoms with E-state index in [0.717, 1.165) is 12.1 Å². The average molecular weight is 496 g/mol. The number of aromatic nitrogens is 1. The fourth-order valence-corrected chi connectivity index (χ4v) is 5.12. The Kier molecular flexibility index (Phi) is 5.38. The van der Waals surface area contributed by atoms with Crippen LogP contribution in [0.5, 0.6) is 5.75 Å². The van der Waals surface area contributed by atoms with E-state index in [2.05, 4.69) is 5.32 Å². The second kappa shape index (κ2) is 8.03. The highest BCUT2D eigenvalue weighted by atomic mass is 35.5. The number of carbonyl (C=O) groups excluding carboxylic acids is 2. The number of ether oxygens (including phenoxy) is 2. The van der Waals surface area contributed by atoms with Crippen molar-refractivity contribution in [2.24, 2.45) is 0 Å². The van der Waals surface area contributed by atoms with Gasteiger partial charge in [-0.3, -0.25) is 14.4 Å². The normalized spacial score (nSPS) is 25.5. The smallest absolute Gasteiger partial charge is 0.277 e. The molecule has 34 heavy (non-hydrogen) atoms. The standard InChI is InChI=1S/C22H20ClF2N3O6/c1-10-8-34-22-4-5-33-9-14(22)27-7-12(18(29)19(30)17(27)21(32)28(10)22)20(31)26-6-11-2-3-13(24)15(23)16(11)25/h2-3,7,10,14,30H,4-6,8-9H2,1H3,(H,26,31)/t10-,14+,22+/m1/s1. The molecule has 2 saturated heterocycles.